The monoisotopic (exact) mass is 438 g/mol. The first kappa shape index (κ1) is 21.0. The topological polar surface area (TPSA) is 48.9 Å². The molecule has 2 N–H and O–H groups in total. The van der Waals surface area contributed by atoms with Crippen LogP contribution in [-0.2, 0) is 4.74 Å². The maximum Gasteiger partial charge on any atom is 0.191 e. The fourth-order valence-electron chi connectivity index (χ4n) is 3.56. The van der Waals surface area contributed by atoms with Crippen LogP contribution in [0, 0.1) is 0 Å². The second-order valence-electron chi connectivity index (χ2n) is 6.44. The van der Waals surface area contributed by atoms with E-state index in [9.17, 15) is 0 Å². The predicted molar refractivity (Wildman–Crippen MR) is 108 cm³/mol. The molecule has 1 saturated carbocycles. The van der Waals surface area contributed by atoms with E-state index in [0.717, 1.165) is 38.6 Å². The third-order valence-electron chi connectivity index (χ3n) is 4.90. The normalized spacial score (nSPS) is 23.0. The lowest BCUT2D eigenvalue weighted by molar-refractivity contribution is 0.0574. The van der Waals surface area contributed by atoms with Gasteiger partial charge in [-0.15, -0.1) is 24.0 Å². The summed E-state index contributed by atoms with van der Waals surface area (Å²) in [5, 5.41) is 6.86. The first-order valence-corrected chi connectivity index (χ1v) is 9.13. The average Bonchev–Trinajstić information content (AvgIpc) is 3.21. The molecular formula is C17H35IN4O. The van der Waals surface area contributed by atoms with Gasteiger partial charge in [0.1, 0.15) is 0 Å². The van der Waals surface area contributed by atoms with E-state index < -0.39 is 0 Å². The number of hydrogen-bond acceptors (Lipinski definition) is 3. The molecule has 0 aromatic rings. The van der Waals surface area contributed by atoms with Gasteiger partial charge in [-0.3, -0.25) is 9.89 Å². The van der Waals surface area contributed by atoms with Gasteiger partial charge in [-0.1, -0.05) is 19.8 Å². The minimum Gasteiger partial charge on any atom is -0.378 e. The van der Waals surface area contributed by atoms with Crippen molar-refractivity contribution in [2.24, 2.45) is 4.99 Å². The van der Waals surface area contributed by atoms with Gasteiger partial charge in [0, 0.05) is 32.8 Å². The highest BCUT2D eigenvalue weighted by atomic mass is 127. The fourth-order valence-corrected chi connectivity index (χ4v) is 3.56. The van der Waals surface area contributed by atoms with Crippen molar-refractivity contribution in [2.75, 3.05) is 39.8 Å². The highest BCUT2D eigenvalue weighted by molar-refractivity contribution is 14.0. The Morgan fingerprint density at radius 3 is 2.65 bits per heavy atom. The highest BCUT2D eigenvalue weighted by Crippen LogP contribution is 2.20. The van der Waals surface area contributed by atoms with Gasteiger partial charge in [-0.2, -0.15) is 0 Å². The van der Waals surface area contributed by atoms with E-state index in [1.165, 1.54) is 45.1 Å². The summed E-state index contributed by atoms with van der Waals surface area (Å²) in [6, 6.07) is 0.661. The molecule has 0 bridgehead atoms. The first-order valence-electron chi connectivity index (χ1n) is 9.13. The second kappa shape index (κ2) is 12.3. The molecule has 0 aromatic heterocycles. The molecule has 2 aliphatic rings. The van der Waals surface area contributed by atoms with E-state index >= 15 is 0 Å². The number of nitrogens with one attached hydrogen (secondary N) is 2. The largest absolute Gasteiger partial charge is 0.378 e. The number of likely N-dealkylation sites (tertiary alicyclic amines) is 1. The van der Waals surface area contributed by atoms with E-state index in [0.29, 0.717) is 12.1 Å². The van der Waals surface area contributed by atoms with Crippen molar-refractivity contribution >= 4 is 29.9 Å². The van der Waals surface area contributed by atoms with Crippen molar-refractivity contribution in [3.05, 3.63) is 0 Å². The van der Waals surface area contributed by atoms with Gasteiger partial charge in [0.2, 0.25) is 0 Å². The Morgan fingerprint density at radius 2 is 1.96 bits per heavy atom. The van der Waals surface area contributed by atoms with Gasteiger partial charge in [-0.25, -0.2) is 0 Å². The van der Waals surface area contributed by atoms with Crippen LogP contribution in [0.3, 0.4) is 0 Å². The van der Waals surface area contributed by atoms with Crippen LogP contribution in [0.1, 0.15) is 51.9 Å². The quantitative estimate of drug-likeness (QED) is 0.265. The third-order valence-corrected chi connectivity index (χ3v) is 4.90. The highest BCUT2D eigenvalue weighted by Gasteiger charge is 2.22. The molecule has 0 spiro atoms. The van der Waals surface area contributed by atoms with Crippen LogP contribution in [0.15, 0.2) is 4.99 Å². The van der Waals surface area contributed by atoms with E-state index in [-0.39, 0.29) is 24.0 Å². The zero-order valence-corrected chi connectivity index (χ0v) is 17.2. The number of aliphatic imine (C=N–C) groups is 1. The lowest BCUT2D eigenvalue weighted by atomic mass is 10.2. The Hall–Kier alpha value is -0.0800. The summed E-state index contributed by atoms with van der Waals surface area (Å²) in [4.78, 5) is 6.86. The minimum absolute atomic E-state index is 0. The molecule has 23 heavy (non-hydrogen) atoms. The van der Waals surface area contributed by atoms with Crippen molar-refractivity contribution in [1.82, 2.24) is 15.5 Å². The zero-order valence-electron chi connectivity index (χ0n) is 14.9. The van der Waals surface area contributed by atoms with E-state index in [4.69, 9.17) is 4.74 Å². The molecule has 1 atom stereocenters. The van der Waals surface area contributed by atoms with Crippen LogP contribution in [0.5, 0.6) is 0 Å². The third kappa shape index (κ3) is 7.56. The van der Waals surface area contributed by atoms with Crippen molar-refractivity contribution in [3.8, 4) is 0 Å². The molecule has 0 radical (unpaired) electrons. The molecule has 1 heterocycles. The Bertz CT molecular complexity index is 335. The van der Waals surface area contributed by atoms with Crippen molar-refractivity contribution in [1.29, 1.82) is 0 Å². The Labute approximate surface area is 159 Å². The molecule has 2 fully saturated rings. The standard InChI is InChI=1S/C17H34N4O.HI/c1-3-21-12-6-8-15(21)14-20-17(18-2)19-11-7-13-22-16-9-4-5-10-16;/h15-16H,3-14H2,1-2H3,(H2,18,19,20);1H. The van der Waals surface area contributed by atoms with Crippen molar-refractivity contribution in [3.63, 3.8) is 0 Å². The van der Waals surface area contributed by atoms with Gasteiger partial charge in [0.25, 0.3) is 0 Å². The summed E-state index contributed by atoms with van der Waals surface area (Å²) in [7, 11) is 1.84. The molecular weight excluding hydrogens is 403 g/mol. The van der Waals surface area contributed by atoms with Gasteiger partial charge < -0.3 is 15.4 Å². The Kier molecular flexibility index (Phi) is 11.2. The summed E-state index contributed by atoms with van der Waals surface area (Å²) in [5.74, 6) is 0.920. The molecule has 0 amide bonds. The van der Waals surface area contributed by atoms with Gasteiger partial charge >= 0.3 is 0 Å². The van der Waals surface area contributed by atoms with Crippen LogP contribution in [0.2, 0.25) is 0 Å². The number of rotatable bonds is 8. The maximum absolute atomic E-state index is 5.88. The number of nitrogens with zero attached hydrogens (tertiary/aromatic N) is 2. The number of halogens is 1. The van der Waals surface area contributed by atoms with Crippen LogP contribution >= 0.6 is 24.0 Å². The number of hydrogen-bond donors (Lipinski definition) is 2. The Balaban J connectivity index is 0.00000264. The van der Waals surface area contributed by atoms with Gasteiger partial charge in [0.05, 0.1) is 6.10 Å². The van der Waals surface area contributed by atoms with Crippen molar-refractivity contribution in [2.45, 2.75) is 64.0 Å². The molecule has 1 unspecified atom stereocenters. The average molecular weight is 438 g/mol. The SMILES string of the molecule is CCN1CCCC1CNC(=NC)NCCCOC1CCCC1.I. The molecule has 136 valence electrons. The molecule has 1 aliphatic heterocycles. The van der Waals surface area contributed by atoms with Crippen LogP contribution in [0.25, 0.3) is 0 Å². The number of likely N-dealkylation sites (N-methyl/N-ethyl adjacent to an activating group) is 1. The maximum atomic E-state index is 5.88. The molecule has 0 aromatic carbocycles. The molecule has 6 heteroatoms. The lowest BCUT2D eigenvalue weighted by Crippen LogP contribution is -2.45. The minimum atomic E-state index is 0. The number of ether oxygens (including phenoxy) is 1. The molecule has 1 saturated heterocycles. The smallest absolute Gasteiger partial charge is 0.191 e. The summed E-state index contributed by atoms with van der Waals surface area (Å²) in [6.45, 7) is 7.42. The van der Waals surface area contributed by atoms with Crippen LogP contribution < -0.4 is 10.6 Å². The second-order valence-corrected chi connectivity index (χ2v) is 6.44. The van der Waals surface area contributed by atoms with Crippen LogP contribution in [-0.4, -0.2) is 62.8 Å². The molecule has 5 nitrogen and oxygen atoms in total. The van der Waals surface area contributed by atoms with E-state index in [2.05, 4.69) is 27.4 Å². The summed E-state index contributed by atoms with van der Waals surface area (Å²) in [6.07, 6.45) is 9.39. The summed E-state index contributed by atoms with van der Waals surface area (Å²) in [5.41, 5.74) is 0. The number of guanidine groups is 1. The molecule has 1 aliphatic carbocycles. The zero-order chi connectivity index (χ0) is 15.6. The predicted octanol–water partition coefficient (Wildman–Crippen LogP) is 2.60. The van der Waals surface area contributed by atoms with Gasteiger partial charge in [0.15, 0.2) is 5.96 Å². The summed E-state index contributed by atoms with van der Waals surface area (Å²) < 4.78 is 5.88. The fraction of sp³-hybridized carbons (Fsp3) is 0.941. The van der Waals surface area contributed by atoms with Crippen molar-refractivity contribution < 1.29 is 4.74 Å². The van der Waals surface area contributed by atoms with Crippen LogP contribution in [0.4, 0.5) is 0 Å². The molecule has 2 rings (SSSR count). The van der Waals surface area contributed by atoms with E-state index in [1.807, 2.05) is 7.05 Å². The Morgan fingerprint density at radius 1 is 1.17 bits per heavy atom. The van der Waals surface area contributed by atoms with Gasteiger partial charge in [-0.05, 0) is 45.2 Å². The summed E-state index contributed by atoms with van der Waals surface area (Å²) >= 11 is 0. The lowest BCUT2D eigenvalue weighted by Gasteiger charge is -2.24. The first-order chi connectivity index (χ1) is 10.8. The van der Waals surface area contributed by atoms with E-state index in [1.54, 1.807) is 0 Å².